The summed E-state index contributed by atoms with van der Waals surface area (Å²) in [6.45, 7) is 1.02. The van der Waals surface area contributed by atoms with Crippen molar-refractivity contribution in [1.29, 1.82) is 0 Å². The van der Waals surface area contributed by atoms with E-state index in [1.165, 1.54) is 0 Å². The molecule has 0 fully saturated rings. The number of unbranched alkanes of at least 4 members (excludes halogenated alkanes) is 1. The summed E-state index contributed by atoms with van der Waals surface area (Å²) >= 11 is 3.39. The number of hydrogen-bond donors (Lipinski definition) is 1. The quantitative estimate of drug-likeness (QED) is 0.748. The molecule has 0 amide bonds. The van der Waals surface area contributed by atoms with E-state index in [-0.39, 0.29) is 11.6 Å². The van der Waals surface area contributed by atoms with Crippen molar-refractivity contribution in [2.75, 3.05) is 6.54 Å². The minimum atomic E-state index is -0.331. The molecule has 0 radical (unpaired) electrons. The second kappa shape index (κ2) is 8.15. The molecule has 112 valence electrons. The van der Waals surface area contributed by atoms with Crippen LogP contribution in [0.3, 0.4) is 0 Å². The van der Waals surface area contributed by atoms with Gasteiger partial charge in [0.2, 0.25) is 0 Å². The van der Waals surface area contributed by atoms with Gasteiger partial charge < -0.3 is 10.5 Å². The molecule has 0 saturated carbocycles. The molecule has 4 heteroatoms. The van der Waals surface area contributed by atoms with Gasteiger partial charge in [-0.15, -0.1) is 0 Å². The number of benzene rings is 2. The Labute approximate surface area is 133 Å². The summed E-state index contributed by atoms with van der Waals surface area (Å²) in [5.74, 6) is -0.0653. The summed E-state index contributed by atoms with van der Waals surface area (Å²) in [4.78, 5) is 0. The lowest BCUT2D eigenvalue weighted by Gasteiger charge is -2.11. The first-order valence-corrected chi connectivity index (χ1v) is 7.84. The molecule has 0 heterocycles. The predicted octanol–water partition coefficient (Wildman–Crippen LogP) is 4.45. The molecule has 0 bridgehead atoms. The van der Waals surface area contributed by atoms with Crippen molar-refractivity contribution in [1.82, 2.24) is 0 Å². The Morgan fingerprint density at radius 3 is 2.48 bits per heavy atom. The lowest BCUT2D eigenvalue weighted by molar-refractivity contribution is 0.288. The summed E-state index contributed by atoms with van der Waals surface area (Å²) in [6, 6.07) is 13.2. The van der Waals surface area contributed by atoms with Crippen LogP contribution in [-0.4, -0.2) is 6.54 Å². The van der Waals surface area contributed by atoms with Crippen molar-refractivity contribution >= 4 is 15.9 Å². The molecule has 2 aromatic rings. The zero-order chi connectivity index (χ0) is 15.1. The van der Waals surface area contributed by atoms with E-state index in [9.17, 15) is 4.39 Å². The first-order chi connectivity index (χ1) is 10.2. The van der Waals surface area contributed by atoms with Crippen molar-refractivity contribution in [2.24, 2.45) is 5.73 Å². The molecule has 21 heavy (non-hydrogen) atoms. The van der Waals surface area contributed by atoms with Gasteiger partial charge in [0.1, 0.15) is 6.61 Å². The van der Waals surface area contributed by atoms with E-state index in [1.807, 2.05) is 36.4 Å². The highest BCUT2D eigenvalue weighted by atomic mass is 79.9. The molecule has 0 aliphatic heterocycles. The van der Waals surface area contributed by atoms with Gasteiger partial charge in [0.05, 0.1) is 4.47 Å². The van der Waals surface area contributed by atoms with E-state index >= 15 is 0 Å². The minimum absolute atomic E-state index is 0.265. The van der Waals surface area contributed by atoms with Gasteiger partial charge in [-0.3, -0.25) is 0 Å². The summed E-state index contributed by atoms with van der Waals surface area (Å²) in [7, 11) is 0. The molecule has 0 aliphatic rings. The summed E-state index contributed by atoms with van der Waals surface area (Å²) in [5.41, 5.74) is 7.44. The first-order valence-electron chi connectivity index (χ1n) is 7.05. The smallest absolute Gasteiger partial charge is 0.169 e. The highest BCUT2D eigenvalue weighted by Gasteiger charge is 2.11. The fourth-order valence-electron chi connectivity index (χ4n) is 2.10. The number of nitrogens with two attached hydrogens (primary N) is 1. The maximum absolute atomic E-state index is 14.1. The molecule has 0 spiro atoms. The third-order valence-corrected chi connectivity index (χ3v) is 3.79. The van der Waals surface area contributed by atoms with E-state index in [2.05, 4.69) is 15.9 Å². The SMILES string of the molecule is NCCCCc1cc(F)c(OCc2ccccc2)c(Br)c1. The van der Waals surface area contributed by atoms with Gasteiger partial charge in [0, 0.05) is 0 Å². The summed E-state index contributed by atoms with van der Waals surface area (Å²) in [5, 5.41) is 0. The Hall–Kier alpha value is -1.39. The van der Waals surface area contributed by atoms with Crippen LogP contribution in [0.4, 0.5) is 4.39 Å². The van der Waals surface area contributed by atoms with Gasteiger partial charge in [0.25, 0.3) is 0 Å². The number of rotatable bonds is 7. The number of ether oxygens (including phenoxy) is 1. The van der Waals surface area contributed by atoms with E-state index < -0.39 is 0 Å². The molecule has 0 aromatic heterocycles. The average Bonchev–Trinajstić information content (AvgIpc) is 2.48. The summed E-state index contributed by atoms with van der Waals surface area (Å²) in [6.07, 6.45) is 2.74. The fraction of sp³-hybridized carbons (Fsp3) is 0.294. The lowest BCUT2D eigenvalue weighted by Crippen LogP contribution is -2.01. The Morgan fingerprint density at radius 1 is 1.05 bits per heavy atom. The van der Waals surface area contributed by atoms with Gasteiger partial charge in [-0.05, 0) is 65.0 Å². The van der Waals surface area contributed by atoms with Crippen LogP contribution in [0, 0.1) is 5.82 Å². The largest absolute Gasteiger partial charge is 0.485 e. The Morgan fingerprint density at radius 2 is 1.81 bits per heavy atom. The molecular formula is C17H19BrFNO. The van der Waals surface area contributed by atoms with E-state index in [0.29, 0.717) is 17.6 Å². The highest BCUT2D eigenvalue weighted by molar-refractivity contribution is 9.10. The monoisotopic (exact) mass is 351 g/mol. The second-order valence-electron chi connectivity index (χ2n) is 4.91. The van der Waals surface area contributed by atoms with Gasteiger partial charge in [-0.2, -0.15) is 0 Å². The second-order valence-corrected chi connectivity index (χ2v) is 5.76. The van der Waals surface area contributed by atoms with E-state index in [0.717, 1.165) is 30.4 Å². The molecule has 0 unspecified atom stereocenters. The number of hydrogen-bond acceptors (Lipinski definition) is 2. The molecule has 0 saturated heterocycles. The van der Waals surface area contributed by atoms with Crippen molar-refractivity contribution in [2.45, 2.75) is 25.9 Å². The van der Waals surface area contributed by atoms with Crippen molar-refractivity contribution in [3.8, 4) is 5.75 Å². The molecule has 2 N–H and O–H groups in total. The van der Waals surface area contributed by atoms with Crippen LogP contribution in [0.2, 0.25) is 0 Å². The van der Waals surface area contributed by atoms with Crippen LogP contribution in [0.5, 0.6) is 5.75 Å². The Bertz CT molecular complexity index is 551. The number of aryl methyl sites for hydroxylation is 1. The standard InChI is InChI=1S/C17H19BrFNO/c18-15-10-14(8-4-5-9-20)11-16(19)17(15)21-12-13-6-2-1-3-7-13/h1-3,6-7,10-11H,4-5,8-9,12,20H2. The lowest BCUT2D eigenvalue weighted by atomic mass is 10.1. The molecule has 0 atom stereocenters. The topological polar surface area (TPSA) is 35.2 Å². The zero-order valence-corrected chi connectivity index (χ0v) is 13.4. The van der Waals surface area contributed by atoms with Gasteiger partial charge in [-0.1, -0.05) is 30.3 Å². The van der Waals surface area contributed by atoms with Crippen LogP contribution < -0.4 is 10.5 Å². The van der Waals surface area contributed by atoms with E-state index in [4.69, 9.17) is 10.5 Å². The fourth-order valence-corrected chi connectivity index (χ4v) is 2.70. The van der Waals surface area contributed by atoms with Crippen molar-refractivity contribution in [3.05, 3.63) is 63.9 Å². The highest BCUT2D eigenvalue weighted by Crippen LogP contribution is 2.31. The van der Waals surface area contributed by atoms with Crippen LogP contribution in [0.25, 0.3) is 0 Å². The average molecular weight is 352 g/mol. The first kappa shape index (κ1) is 16.0. The molecule has 0 aliphatic carbocycles. The van der Waals surface area contributed by atoms with Crippen molar-refractivity contribution in [3.63, 3.8) is 0 Å². The number of halogens is 2. The molecule has 2 aromatic carbocycles. The zero-order valence-electron chi connectivity index (χ0n) is 11.8. The minimum Gasteiger partial charge on any atom is -0.485 e. The summed E-state index contributed by atoms with van der Waals surface area (Å²) < 4.78 is 20.4. The van der Waals surface area contributed by atoms with Crippen LogP contribution in [-0.2, 0) is 13.0 Å². The molecule has 2 nitrogen and oxygen atoms in total. The van der Waals surface area contributed by atoms with Crippen molar-refractivity contribution < 1.29 is 9.13 Å². The normalized spacial score (nSPS) is 10.6. The van der Waals surface area contributed by atoms with Gasteiger partial charge in [-0.25, -0.2) is 4.39 Å². The predicted molar refractivity (Wildman–Crippen MR) is 86.9 cm³/mol. The maximum atomic E-state index is 14.1. The maximum Gasteiger partial charge on any atom is 0.169 e. The molecular weight excluding hydrogens is 333 g/mol. The third-order valence-electron chi connectivity index (χ3n) is 3.20. The van der Waals surface area contributed by atoms with Crippen LogP contribution in [0.15, 0.2) is 46.9 Å². The van der Waals surface area contributed by atoms with Crippen LogP contribution in [0.1, 0.15) is 24.0 Å². The Balaban J connectivity index is 2.03. The third kappa shape index (κ3) is 4.83. The van der Waals surface area contributed by atoms with E-state index in [1.54, 1.807) is 6.07 Å². The van der Waals surface area contributed by atoms with Crippen LogP contribution >= 0.6 is 15.9 Å². The molecule has 2 rings (SSSR count). The Kier molecular flexibility index (Phi) is 6.21. The van der Waals surface area contributed by atoms with Gasteiger partial charge >= 0.3 is 0 Å². The van der Waals surface area contributed by atoms with Gasteiger partial charge in [0.15, 0.2) is 11.6 Å².